The average molecular weight is 424 g/mol. The van der Waals surface area contributed by atoms with E-state index in [-0.39, 0.29) is 52.1 Å². The zero-order valence-corrected chi connectivity index (χ0v) is 18.0. The molecule has 2 aromatic rings. The summed E-state index contributed by atoms with van der Waals surface area (Å²) in [7, 11) is 0. The van der Waals surface area contributed by atoms with E-state index in [1.54, 1.807) is 6.07 Å². The quantitative estimate of drug-likeness (QED) is 0.363. The number of fused-ring (bicyclic) bond motifs is 1. The molecule has 1 heterocycles. The highest BCUT2D eigenvalue weighted by Crippen LogP contribution is 2.45. The monoisotopic (exact) mass is 424 g/mol. The van der Waals surface area contributed by atoms with Gasteiger partial charge in [0.2, 0.25) is 0 Å². The van der Waals surface area contributed by atoms with E-state index in [2.05, 4.69) is 19.9 Å². The normalized spacial score (nSPS) is 15.9. The van der Waals surface area contributed by atoms with Crippen LogP contribution in [-0.2, 0) is 6.42 Å². The van der Waals surface area contributed by atoms with Crippen LogP contribution in [0.15, 0.2) is 47.6 Å². The van der Waals surface area contributed by atoms with Crippen LogP contribution in [0.5, 0.6) is 28.7 Å². The van der Waals surface area contributed by atoms with Crippen molar-refractivity contribution in [3.8, 4) is 28.7 Å². The molecule has 1 aliphatic rings. The van der Waals surface area contributed by atoms with Crippen LogP contribution in [0.25, 0.3) is 0 Å². The molecule has 31 heavy (non-hydrogen) atoms. The molecule has 3 rings (SSSR count). The van der Waals surface area contributed by atoms with Crippen LogP contribution in [0.2, 0.25) is 0 Å². The number of ketones is 1. The van der Waals surface area contributed by atoms with E-state index in [9.17, 15) is 25.2 Å². The van der Waals surface area contributed by atoms with Crippen molar-refractivity contribution in [2.24, 2.45) is 0 Å². The minimum absolute atomic E-state index is 0.0352. The zero-order valence-electron chi connectivity index (χ0n) is 18.0. The highest BCUT2D eigenvalue weighted by molar-refractivity contribution is 6.03. The molecule has 0 fully saturated rings. The molecular weight excluding hydrogens is 396 g/mol. The number of hydrogen-bond donors (Lipinski definition) is 4. The van der Waals surface area contributed by atoms with E-state index < -0.39 is 6.10 Å². The summed E-state index contributed by atoms with van der Waals surface area (Å²) in [4.78, 5) is 12.8. The van der Waals surface area contributed by atoms with Crippen LogP contribution in [0.3, 0.4) is 0 Å². The van der Waals surface area contributed by atoms with Crippen molar-refractivity contribution >= 4 is 5.78 Å². The van der Waals surface area contributed by atoms with Crippen LogP contribution >= 0.6 is 0 Å². The molecule has 1 atom stereocenters. The van der Waals surface area contributed by atoms with Crippen LogP contribution in [-0.4, -0.2) is 26.2 Å². The van der Waals surface area contributed by atoms with Gasteiger partial charge in [-0.2, -0.15) is 0 Å². The van der Waals surface area contributed by atoms with Gasteiger partial charge in [-0.05, 0) is 57.7 Å². The Balaban J connectivity index is 1.84. The van der Waals surface area contributed by atoms with Crippen LogP contribution < -0.4 is 4.74 Å². The SMILES string of the molecule is CC(C)=CCCC(C)=CCc1c(O)cc2c(c1O)C(=O)C[C@H](c1ccc(O)c(O)c1)O2. The Morgan fingerprint density at radius 2 is 1.77 bits per heavy atom. The molecule has 1 aliphatic heterocycles. The lowest BCUT2D eigenvalue weighted by molar-refractivity contribution is 0.0844. The Hall–Kier alpha value is -3.41. The highest BCUT2D eigenvalue weighted by Gasteiger charge is 2.32. The van der Waals surface area contributed by atoms with Crippen molar-refractivity contribution < 1.29 is 30.0 Å². The molecule has 0 spiro atoms. The largest absolute Gasteiger partial charge is 0.507 e. The Kier molecular flexibility index (Phi) is 6.59. The molecule has 0 bridgehead atoms. The molecule has 0 saturated heterocycles. The Labute approximate surface area is 181 Å². The maximum Gasteiger partial charge on any atom is 0.174 e. The highest BCUT2D eigenvalue weighted by atomic mass is 16.5. The molecule has 0 aromatic heterocycles. The number of carbonyl (C=O) groups excluding carboxylic acids is 1. The van der Waals surface area contributed by atoms with E-state index in [4.69, 9.17) is 4.74 Å². The van der Waals surface area contributed by atoms with Gasteiger partial charge < -0.3 is 25.2 Å². The molecule has 0 aliphatic carbocycles. The Morgan fingerprint density at radius 3 is 2.45 bits per heavy atom. The van der Waals surface area contributed by atoms with E-state index in [1.165, 1.54) is 23.8 Å². The smallest absolute Gasteiger partial charge is 0.174 e. The number of aromatic hydroxyl groups is 4. The molecule has 164 valence electrons. The lowest BCUT2D eigenvalue weighted by Crippen LogP contribution is -2.21. The Morgan fingerprint density at radius 1 is 1.03 bits per heavy atom. The lowest BCUT2D eigenvalue weighted by Gasteiger charge is -2.27. The average Bonchev–Trinajstić information content (AvgIpc) is 2.68. The number of ether oxygens (including phenoxy) is 1. The van der Waals surface area contributed by atoms with Crippen molar-refractivity contribution in [3.63, 3.8) is 0 Å². The number of Topliss-reactive ketones (excluding diaryl/α,β-unsaturated/α-hetero) is 1. The van der Waals surface area contributed by atoms with Crippen LogP contribution in [0.1, 0.15) is 67.6 Å². The van der Waals surface area contributed by atoms with Crippen LogP contribution in [0, 0.1) is 0 Å². The predicted molar refractivity (Wildman–Crippen MR) is 118 cm³/mol. The standard InChI is InChI=1S/C25H28O6/c1-14(2)5-4-6-15(3)7-9-17-19(27)12-23-24(25(17)30)21(29)13-22(31-23)16-8-10-18(26)20(28)11-16/h5,7-8,10-12,22,26-28,30H,4,6,9,13H2,1-3H3/t22-/m1/s1. The molecule has 2 aromatic carbocycles. The summed E-state index contributed by atoms with van der Waals surface area (Å²) >= 11 is 0. The summed E-state index contributed by atoms with van der Waals surface area (Å²) < 4.78 is 5.85. The van der Waals surface area contributed by atoms with Gasteiger partial charge in [0.1, 0.15) is 28.9 Å². The van der Waals surface area contributed by atoms with Gasteiger partial charge in [0.05, 0.1) is 6.42 Å². The first-order valence-corrected chi connectivity index (χ1v) is 10.3. The van der Waals surface area contributed by atoms with Crippen molar-refractivity contribution in [1.82, 2.24) is 0 Å². The second-order valence-electron chi connectivity index (χ2n) is 8.15. The van der Waals surface area contributed by atoms with Gasteiger partial charge in [-0.3, -0.25) is 4.79 Å². The number of carbonyl (C=O) groups is 1. The summed E-state index contributed by atoms with van der Waals surface area (Å²) in [6.45, 7) is 6.10. The van der Waals surface area contributed by atoms with Gasteiger partial charge in [-0.1, -0.05) is 29.4 Å². The van der Waals surface area contributed by atoms with Gasteiger partial charge in [0, 0.05) is 11.6 Å². The van der Waals surface area contributed by atoms with Gasteiger partial charge in [0.15, 0.2) is 17.3 Å². The van der Waals surface area contributed by atoms with E-state index >= 15 is 0 Å². The number of allylic oxidation sites excluding steroid dienone is 4. The predicted octanol–water partition coefficient (Wildman–Crippen LogP) is 5.45. The van der Waals surface area contributed by atoms with Gasteiger partial charge >= 0.3 is 0 Å². The van der Waals surface area contributed by atoms with Gasteiger partial charge in [-0.15, -0.1) is 0 Å². The second kappa shape index (κ2) is 9.16. The number of phenolic OH excluding ortho intramolecular Hbond substituents is 4. The first-order valence-electron chi connectivity index (χ1n) is 10.3. The molecule has 4 N–H and O–H groups in total. The maximum absolute atomic E-state index is 12.8. The van der Waals surface area contributed by atoms with E-state index in [0.29, 0.717) is 12.0 Å². The Bertz CT molecular complexity index is 1060. The summed E-state index contributed by atoms with van der Waals surface area (Å²) in [6, 6.07) is 5.55. The topological polar surface area (TPSA) is 107 Å². The van der Waals surface area contributed by atoms with Crippen molar-refractivity contribution in [2.45, 2.75) is 52.6 Å². The summed E-state index contributed by atoms with van der Waals surface area (Å²) in [5.74, 6) is -1.21. The minimum Gasteiger partial charge on any atom is -0.507 e. The first-order chi connectivity index (χ1) is 14.7. The second-order valence-corrected chi connectivity index (χ2v) is 8.15. The summed E-state index contributed by atoms with van der Waals surface area (Å²) in [5, 5.41) is 40.4. The van der Waals surface area contributed by atoms with Crippen molar-refractivity contribution in [1.29, 1.82) is 0 Å². The number of benzene rings is 2. The summed E-state index contributed by atoms with van der Waals surface area (Å²) in [5.41, 5.74) is 3.24. The molecule has 6 nitrogen and oxygen atoms in total. The van der Waals surface area contributed by atoms with Gasteiger partial charge in [0.25, 0.3) is 0 Å². The lowest BCUT2D eigenvalue weighted by atomic mass is 9.92. The zero-order chi connectivity index (χ0) is 22.7. The third-order valence-electron chi connectivity index (χ3n) is 5.38. The third-order valence-corrected chi connectivity index (χ3v) is 5.38. The van der Waals surface area contributed by atoms with Gasteiger partial charge in [-0.25, -0.2) is 0 Å². The fourth-order valence-electron chi connectivity index (χ4n) is 3.59. The molecule has 0 unspecified atom stereocenters. The maximum atomic E-state index is 12.8. The minimum atomic E-state index is -0.701. The molecule has 0 saturated carbocycles. The molecule has 0 radical (unpaired) electrons. The fraction of sp³-hybridized carbons (Fsp3) is 0.320. The van der Waals surface area contributed by atoms with Crippen molar-refractivity contribution in [2.75, 3.05) is 0 Å². The first kappa shape index (κ1) is 22.3. The van der Waals surface area contributed by atoms with E-state index in [0.717, 1.165) is 18.4 Å². The van der Waals surface area contributed by atoms with Crippen molar-refractivity contribution in [3.05, 3.63) is 64.3 Å². The van der Waals surface area contributed by atoms with E-state index in [1.807, 2.05) is 13.0 Å². The molecular formula is C25H28O6. The summed E-state index contributed by atoms with van der Waals surface area (Å²) in [6.07, 6.45) is 5.46. The molecule has 0 amide bonds. The molecule has 6 heteroatoms. The fourth-order valence-corrected chi connectivity index (χ4v) is 3.59. The number of hydrogen-bond acceptors (Lipinski definition) is 6. The van der Waals surface area contributed by atoms with Crippen LogP contribution in [0.4, 0.5) is 0 Å². The number of phenols is 4. The third kappa shape index (κ3) is 5.02. The number of rotatable bonds is 6.